The number of para-hydroxylation sites is 2. The Morgan fingerprint density at radius 2 is 2.00 bits per heavy atom. The minimum absolute atomic E-state index is 0.00996. The van der Waals surface area contributed by atoms with E-state index >= 15 is 0 Å². The molecule has 1 amide bonds. The van der Waals surface area contributed by atoms with Gasteiger partial charge in [-0.15, -0.1) is 0 Å². The van der Waals surface area contributed by atoms with E-state index in [1.54, 1.807) is 0 Å². The zero-order chi connectivity index (χ0) is 17.9. The topological polar surface area (TPSA) is 46.9 Å². The van der Waals surface area contributed by atoms with Gasteiger partial charge in [0.15, 0.2) is 0 Å². The van der Waals surface area contributed by atoms with E-state index in [-0.39, 0.29) is 11.8 Å². The number of fused-ring (bicyclic) bond motifs is 2. The molecule has 0 fully saturated rings. The van der Waals surface area contributed by atoms with Crippen molar-refractivity contribution in [2.24, 2.45) is 0 Å². The van der Waals surface area contributed by atoms with Gasteiger partial charge in [0.1, 0.15) is 5.82 Å². The fourth-order valence-electron chi connectivity index (χ4n) is 4.08. The third-order valence-corrected chi connectivity index (χ3v) is 5.39. The van der Waals surface area contributed by atoms with Crippen LogP contribution in [0.5, 0.6) is 0 Å². The molecule has 0 radical (unpaired) electrons. The quantitative estimate of drug-likeness (QED) is 0.710. The van der Waals surface area contributed by atoms with Gasteiger partial charge in [0.2, 0.25) is 5.91 Å². The first-order chi connectivity index (χ1) is 12.7. The predicted octanol–water partition coefficient (Wildman–Crippen LogP) is 3.97. The molecule has 1 unspecified atom stereocenters. The summed E-state index contributed by atoms with van der Waals surface area (Å²) in [6, 6.07) is 16.6. The second-order valence-electron chi connectivity index (χ2n) is 7.09. The maximum atomic E-state index is 12.7. The summed E-state index contributed by atoms with van der Waals surface area (Å²) in [6.07, 6.45) is 4.04. The van der Waals surface area contributed by atoms with Crippen LogP contribution in [0.1, 0.15) is 42.1 Å². The van der Waals surface area contributed by atoms with Crippen LogP contribution in [0, 0.1) is 6.92 Å². The van der Waals surface area contributed by atoms with Crippen LogP contribution in [-0.2, 0) is 17.8 Å². The molecule has 4 heteroatoms. The van der Waals surface area contributed by atoms with Gasteiger partial charge >= 0.3 is 0 Å². The molecule has 1 aliphatic rings. The molecule has 0 saturated heterocycles. The molecule has 0 aliphatic heterocycles. The highest BCUT2D eigenvalue weighted by Gasteiger charge is 2.25. The summed E-state index contributed by atoms with van der Waals surface area (Å²) < 4.78 is 2.23. The molecule has 0 spiro atoms. The van der Waals surface area contributed by atoms with Crippen LogP contribution in [0.15, 0.2) is 48.5 Å². The van der Waals surface area contributed by atoms with Crippen LogP contribution in [-0.4, -0.2) is 22.0 Å². The molecule has 1 aromatic heterocycles. The Hall–Kier alpha value is -2.62. The fourth-order valence-corrected chi connectivity index (χ4v) is 4.08. The number of carbonyl (C=O) groups is 1. The molecule has 1 heterocycles. The van der Waals surface area contributed by atoms with Crippen molar-refractivity contribution in [2.45, 2.75) is 45.1 Å². The molecule has 26 heavy (non-hydrogen) atoms. The summed E-state index contributed by atoms with van der Waals surface area (Å²) in [5, 5.41) is 3.15. The monoisotopic (exact) mass is 347 g/mol. The van der Waals surface area contributed by atoms with Crippen molar-refractivity contribution in [3.63, 3.8) is 0 Å². The number of imidazole rings is 1. The van der Waals surface area contributed by atoms with E-state index in [9.17, 15) is 4.79 Å². The van der Waals surface area contributed by atoms with Gasteiger partial charge in [-0.25, -0.2) is 4.98 Å². The molecule has 4 rings (SSSR count). The van der Waals surface area contributed by atoms with Crippen LogP contribution in [0.3, 0.4) is 0 Å². The summed E-state index contributed by atoms with van der Waals surface area (Å²) >= 11 is 0. The molecular weight excluding hydrogens is 322 g/mol. The Morgan fingerprint density at radius 3 is 2.92 bits per heavy atom. The van der Waals surface area contributed by atoms with Gasteiger partial charge in [0.05, 0.1) is 17.0 Å². The molecule has 4 nitrogen and oxygen atoms in total. The molecule has 0 saturated carbocycles. The number of benzene rings is 2. The SMILES string of the molecule is Cc1nc2ccccc2n1CCCNC(=O)C1CCCc2ccccc21. The average Bonchev–Trinajstić information content (AvgIpc) is 3.00. The minimum atomic E-state index is 0.00996. The average molecular weight is 347 g/mol. The lowest BCUT2D eigenvalue weighted by molar-refractivity contribution is -0.122. The number of nitrogens with zero attached hydrogens (tertiary/aromatic N) is 2. The van der Waals surface area contributed by atoms with E-state index in [4.69, 9.17) is 0 Å². The molecule has 1 N–H and O–H groups in total. The maximum absolute atomic E-state index is 12.7. The molecule has 3 aromatic rings. The highest BCUT2D eigenvalue weighted by Crippen LogP contribution is 2.31. The number of aromatic nitrogens is 2. The van der Waals surface area contributed by atoms with Crippen LogP contribution in [0.2, 0.25) is 0 Å². The van der Waals surface area contributed by atoms with Crippen molar-refractivity contribution >= 4 is 16.9 Å². The van der Waals surface area contributed by atoms with Gasteiger partial charge in [0, 0.05) is 13.1 Å². The molecular formula is C22H25N3O. The largest absolute Gasteiger partial charge is 0.356 e. The summed E-state index contributed by atoms with van der Waals surface area (Å²) in [5.74, 6) is 1.21. The lowest BCUT2D eigenvalue weighted by Gasteiger charge is -2.24. The zero-order valence-corrected chi connectivity index (χ0v) is 15.2. The van der Waals surface area contributed by atoms with Gasteiger partial charge < -0.3 is 9.88 Å². The summed E-state index contributed by atoms with van der Waals surface area (Å²) in [6.45, 7) is 3.61. The fraction of sp³-hybridized carbons (Fsp3) is 0.364. The predicted molar refractivity (Wildman–Crippen MR) is 104 cm³/mol. The van der Waals surface area contributed by atoms with E-state index in [0.717, 1.165) is 49.1 Å². The van der Waals surface area contributed by atoms with Crippen LogP contribution >= 0.6 is 0 Å². The Labute approximate surface area is 154 Å². The zero-order valence-electron chi connectivity index (χ0n) is 15.2. The molecule has 2 aromatic carbocycles. The molecule has 0 bridgehead atoms. The van der Waals surface area contributed by atoms with Crippen molar-refractivity contribution in [3.8, 4) is 0 Å². The van der Waals surface area contributed by atoms with Gasteiger partial charge in [-0.3, -0.25) is 4.79 Å². The highest BCUT2D eigenvalue weighted by atomic mass is 16.1. The van der Waals surface area contributed by atoms with Crippen molar-refractivity contribution < 1.29 is 4.79 Å². The van der Waals surface area contributed by atoms with Crippen molar-refractivity contribution in [1.29, 1.82) is 0 Å². The summed E-state index contributed by atoms with van der Waals surface area (Å²) in [7, 11) is 0. The van der Waals surface area contributed by atoms with E-state index < -0.39 is 0 Å². The van der Waals surface area contributed by atoms with Crippen LogP contribution in [0.25, 0.3) is 11.0 Å². The summed E-state index contributed by atoms with van der Waals surface area (Å²) in [5.41, 5.74) is 4.75. The minimum Gasteiger partial charge on any atom is -0.356 e. The lowest BCUT2D eigenvalue weighted by Crippen LogP contribution is -2.32. The van der Waals surface area contributed by atoms with Crippen LogP contribution < -0.4 is 5.32 Å². The number of rotatable bonds is 5. The number of hydrogen-bond donors (Lipinski definition) is 1. The lowest BCUT2D eigenvalue weighted by atomic mass is 9.82. The van der Waals surface area contributed by atoms with Crippen LogP contribution in [0.4, 0.5) is 0 Å². The Morgan fingerprint density at radius 1 is 1.19 bits per heavy atom. The number of hydrogen-bond acceptors (Lipinski definition) is 2. The van der Waals surface area contributed by atoms with Crippen molar-refractivity contribution in [3.05, 3.63) is 65.5 Å². The standard InChI is InChI=1S/C22H25N3O/c1-16-24-20-12-4-5-13-21(20)25(16)15-7-14-23-22(26)19-11-6-9-17-8-2-3-10-18(17)19/h2-5,8,10,12-13,19H,6-7,9,11,14-15H2,1H3,(H,23,26). The van der Waals surface area contributed by atoms with Crippen molar-refractivity contribution in [2.75, 3.05) is 6.54 Å². The number of carbonyl (C=O) groups excluding carboxylic acids is 1. The van der Waals surface area contributed by atoms with Gasteiger partial charge in [-0.2, -0.15) is 0 Å². The summed E-state index contributed by atoms with van der Waals surface area (Å²) in [4.78, 5) is 17.3. The van der Waals surface area contributed by atoms with E-state index in [1.165, 1.54) is 11.1 Å². The Balaban J connectivity index is 1.35. The second kappa shape index (κ2) is 7.32. The van der Waals surface area contributed by atoms with Crippen molar-refractivity contribution in [1.82, 2.24) is 14.9 Å². The van der Waals surface area contributed by atoms with Gasteiger partial charge in [-0.05, 0) is 55.9 Å². The number of amides is 1. The smallest absolute Gasteiger partial charge is 0.227 e. The van der Waals surface area contributed by atoms with E-state index in [2.05, 4.69) is 39.1 Å². The van der Waals surface area contributed by atoms with E-state index in [0.29, 0.717) is 6.54 Å². The van der Waals surface area contributed by atoms with Gasteiger partial charge in [0.25, 0.3) is 0 Å². The number of nitrogens with one attached hydrogen (secondary N) is 1. The second-order valence-corrected chi connectivity index (χ2v) is 7.09. The maximum Gasteiger partial charge on any atom is 0.227 e. The number of aryl methyl sites for hydroxylation is 3. The molecule has 1 aliphatic carbocycles. The normalized spacial score (nSPS) is 16.4. The van der Waals surface area contributed by atoms with E-state index in [1.807, 2.05) is 31.2 Å². The highest BCUT2D eigenvalue weighted by molar-refractivity contribution is 5.84. The third kappa shape index (κ3) is 3.24. The first-order valence-corrected chi connectivity index (χ1v) is 9.51. The first kappa shape index (κ1) is 16.8. The van der Waals surface area contributed by atoms with Gasteiger partial charge in [-0.1, -0.05) is 36.4 Å². The Bertz CT molecular complexity index is 928. The molecule has 134 valence electrons. The molecule has 1 atom stereocenters. The first-order valence-electron chi connectivity index (χ1n) is 9.51. The Kier molecular flexibility index (Phi) is 4.74. The third-order valence-electron chi connectivity index (χ3n) is 5.39.